The Balaban J connectivity index is 2.43. The number of hydrogen-bond acceptors (Lipinski definition) is 4. The van der Waals surface area contributed by atoms with E-state index in [-0.39, 0.29) is 5.60 Å². The van der Waals surface area contributed by atoms with Crippen molar-refractivity contribution >= 4 is 17.3 Å². The minimum absolute atomic E-state index is 0.180. The zero-order valence-corrected chi connectivity index (χ0v) is 11.4. The Kier molecular flexibility index (Phi) is 4.54. The minimum Gasteiger partial charge on any atom is -0.482 e. The molecule has 0 aromatic carbocycles. The van der Waals surface area contributed by atoms with Crippen LogP contribution in [-0.4, -0.2) is 29.9 Å². The molecule has 0 radical (unpaired) electrons. The van der Waals surface area contributed by atoms with E-state index < -0.39 is 5.97 Å². The highest BCUT2D eigenvalue weighted by Crippen LogP contribution is 2.28. The van der Waals surface area contributed by atoms with E-state index in [0.717, 1.165) is 16.9 Å². The molecule has 0 spiro atoms. The Bertz CT molecular complexity index is 390. The summed E-state index contributed by atoms with van der Waals surface area (Å²) in [7, 11) is 0. The average Bonchev–Trinajstić information content (AvgIpc) is 2.53. The molecule has 96 valence electrons. The van der Waals surface area contributed by atoms with Gasteiger partial charge < -0.3 is 14.6 Å². The Labute approximate surface area is 105 Å². The van der Waals surface area contributed by atoms with Crippen molar-refractivity contribution in [3.8, 4) is 5.06 Å². The van der Waals surface area contributed by atoms with Gasteiger partial charge in [0.2, 0.25) is 0 Å². The van der Waals surface area contributed by atoms with Gasteiger partial charge in [-0.25, -0.2) is 4.79 Å². The summed E-state index contributed by atoms with van der Waals surface area (Å²) in [6.45, 7) is 8.61. The quantitative estimate of drug-likeness (QED) is 0.825. The van der Waals surface area contributed by atoms with E-state index in [1.165, 1.54) is 0 Å². The lowest BCUT2D eigenvalue weighted by atomic mass is 10.2. The van der Waals surface area contributed by atoms with Gasteiger partial charge in [0.15, 0.2) is 5.06 Å². The molecule has 0 aliphatic heterocycles. The fraction of sp³-hybridized carbons (Fsp3) is 0.583. The molecule has 0 saturated heterocycles. The van der Waals surface area contributed by atoms with E-state index in [1.54, 1.807) is 13.0 Å². The van der Waals surface area contributed by atoms with Gasteiger partial charge in [-0.05, 0) is 39.3 Å². The molecule has 1 aromatic rings. The predicted molar refractivity (Wildman–Crippen MR) is 67.2 cm³/mol. The molecular formula is C12H18O4S. The number of carboxylic acid groups (broad SMARTS) is 1. The van der Waals surface area contributed by atoms with Crippen molar-refractivity contribution in [2.24, 2.45) is 0 Å². The van der Waals surface area contributed by atoms with E-state index in [2.05, 4.69) is 0 Å². The van der Waals surface area contributed by atoms with Gasteiger partial charge in [-0.2, -0.15) is 0 Å². The van der Waals surface area contributed by atoms with E-state index in [4.69, 9.17) is 14.6 Å². The second-order valence-electron chi connectivity index (χ2n) is 4.69. The normalized spacial score (nSPS) is 11.5. The molecule has 0 unspecified atom stereocenters. The largest absolute Gasteiger partial charge is 0.482 e. The lowest BCUT2D eigenvalue weighted by Gasteiger charge is -2.19. The van der Waals surface area contributed by atoms with E-state index in [1.807, 2.05) is 20.8 Å². The highest BCUT2D eigenvalue weighted by atomic mass is 32.1. The Morgan fingerprint density at radius 1 is 1.41 bits per heavy atom. The predicted octanol–water partition coefficient (Wildman–Crippen LogP) is 2.95. The first-order valence-corrected chi connectivity index (χ1v) is 6.22. The zero-order chi connectivity index (χ0) is 13.1. The fourth-order valence-corrected chi connectivity index (χ4v) is 2.11. The number of aryl methyl sites for hydroxylation is 1. The molecule has 0 aliphatic carbocycles. The summed E-state index contributed by atoms with van der Waals surface area (Å²) in [6.07, 6.45) is 0. The summed E-state index contributed by atoms with van der Waals surface area (Å²) in [5, 5.41) is 9.51. The third-order valence-electron chi connectivity index (χ3n) is 1.95. The summed E-state index contributed by atoms with van der Waals surface area (Å²) < 4.78 is 10.9. The van der Waals surface area contributed by atoms with Crippen molar-refractivity contribution in [3.05, 3.63) is 16.5 Å². The van der Waals surface area contributed by atoms with Crippen LogP contribution in [0.25, 0.3) is 0 Å². The smallest absolute Gasteiger partial charge is 0.346 e. The highest BCUT2D eigenvalue weighted by Gasteiger charge is 2.13. The lowest BCUT2D eigenvalue weighted by Crippen LogP contribution is -2.22. The van der Waals surface area contributed by atoms with Crippen LogP contribution >= 0.6 is 11.3 Å². The Morgan fingerprint density at radius 3 is 2.53 bits per heavy atom. The first-order valence-electron chi connectivity index (χ1n) is 5.40. The van der Waals surface area contributed by atoms with E-state index in [0.29, 0.717) is 23.2 Å². The van der Waals surface area contributed by atoms with E-state index in [9.17, 15) is 4.79 Å². The van der Waals surface area contributed by atoms with Crippen molar-refractivity contribution in [2.75, 3.05) is 13.2 Å². The van der Waals surface area contributed by atoms with Crippen molar-refractivity contribution < 1.29 is 19.4 Å². The van der Waals surface area contributed by atoms with E-state index >= 15 is 0 Å². The molecule has 1 N–H and O–H groups in total. The summed E-state index contributed by atoms with van der Waals surface area (Å²) in [4.78, 5) is 11.2. The van der Waals surface area contributed by atoms with Crippen molar-refractivity contribution in [3.63, 3.8) is 0 Å². The van der Waals surface area contributed by atoms with Crippen LogP contribution in [0.4, 0.5) is 0 Å². The third-order valence-corrected chi connectivity index (χ3v) is 3.09. The highest BCUT2D eigenvalue weighted by molar-refractivity contribution is 7.15. The van der Waals surface area contributed by atoms with Crippen LogP contribution in [0.1, 0.15) is 36.0 Å². The van der Waals surface area contributed by atoms with Crippen LogP contribution in [0.3, 0.4) is 0 Å². The molecule has 1 rings (SSSR count). The third kappa shape index (κ3) is 4.75. The van der Waals surface area contributed by atoms with Gasteiger partial charge in [-0.15, -0.1) is 0 Å². The van der Waals surface area contributed by atoms with Crippen molar-refractivity contribution in [1.29, 1.82) is 0 Å². The van der Waals surface area contributed by atoms with Crippen LogP contribution in [0, 0.1) is 6.92 Å². The van der Waals surface area contributed by atoms with Gasteiger partial charge in [-0.3, -0.25) is 0 Å². The summed E-state index contributed by atoms with van der Waals surface area (Å²) in [6, 6.07) is 1.74. The molecule has 5 heteroatoms. The van der Waals surface area contributed by atoms with Gasteiger partial charge in [-0.1, -0.05) is 11.3 Å². The standard InChI is InChI=1S/C12H18O4S/c1-8-7-9(17-10(8)11(13)14)15-5-6-16-12(2,3)4/h7H,5-6H2,1-4H3,(H,13,14). The molecule has 0 atom stereocenters. The summed E-state index contributed by atoms with van der Waals surface area (Å²) >= 11 is 1.15. The Hall–Kier alpha value is -1.07. The molecule has 1 aromatic heterocycles. The summed E-state index contributed by atoms with van der Waals surface area (Å²) in [5.41, 5.74) is 0.551. The van der Waals surface area contributed by atoms with Gasteiger partial charge >= 0.3 is 5.97 Å². The van der Waals surface area contributed by atoms with Gasteiger partial charge in [0, 0.05) is 0 Å². The number of rotatable bonds is 5. The number of carboxylic acids is 1. The molecule has 4 nitrogen and oxygen atoms in total. The molecule has 0 fully saturated rings. The number of carbonyl (C=O) groups is 1. The maximum Gasteiger partial charge on any atom is 0.346 e. The topological polar surface area (TPSA) is 55.8 Å². The molecule has 1 heterocycles. The van der Waals surface area contributed by atoms with Crippen molar-refractivity contribution in [2.45, 2.75) is 33.3 Å². The first-order chi connectivity index (χ1) is 7.79. The minimum atomic E-state index is -0.909. The second-order valence-corrected chi connectivity index (χ2v) is 5.71. The molecule has 0 saturated carbocycles. The molecule has 0 amide bonds. The molecule has 17 heavy (non-hydrogen) atoms. The lowest BCUT2D eigenvalue weighted by molar-refractivity contribution is -0.0158. The van der Waals surface area contributed by atoms with Crippen LogP contribution in [-0.2, 0) is 4.74 Å². The maximum atomic E-state index is 10.8. The van der Waals surface area contributed by atoms with Crippen LogP contribution < -0.4 is 4.74 Å². The van der Waals surface area contributed by atoms with Crippen LogP contribution in [0.5, 0.6) is 5.06 Å². The molecule has 0 aliphatic rings. The number of aromatic carboxylic acids is 1. The summed E-state index contributed by atoms with van der Waals surface area (Å²) in [5.74, 6) is -0.909. The van der Waals surface area contributed by atoms with Crippen LogP contribution in [0.2, 0.25) is 0 Å². The Morgan fingerprint density at radius 2 is 2.06 bits per heavy atom. The monoisotopic (exact) mass is 258 g/mol. The van der Waals surface area contributed by atoms with Gasteiger partial charge in [0.25, 0.3) is 0 Å². The average molecular weight is 258 g/mol. The van der Waals surface area contributed by atoms with Crippen molar-refractivity contribution in [1.82, 2.24) is 0 Å². The van der Waals surface area contributed by atoms with Crippen LogP contribution in [0.15, 0.2) is 6.07 Å². The number of thiophene rings is 1. The SMILES string of the molecule is Cc1cc(OCCOC(C)(C)C)sc1C(=O)O. The maximum absolute atomic E-state index is 10.8. The number of hydrogen-bond donors (Lipinski definition) is 1. The van der Waals surface area contributed by atoms with Gasteiger partial charge in [0.05, 0.1) is 12.2 Å². The fourth-order valence-electron chi connectivity index (χ4n) is 1.23. The zero-order valence-electron chi connectivity index (χ0n) is 10.6. The number of ether oxygens (including phenoxy) is 2. The first kappa shape index (κ1) is 14.0. The molecule has 0 bridgehead atoms. The second kappa shape index (κ2) is 5.51. The molecular weight excluding hydrogens is 240 g/mol. The van der Waals surface area contributed by atoms with Gasteiger partial charge in [0.1, 0.15) is 11.5 Å².